The van der Waals surface area contributed by atoms with Crippen molar-refractivity contribution in [3.8, 4) is 5.75 Å². The van der Waals surface area contributed by atoms with Crippen LogP contribution >= 0.6 is 0 Å². The predicted octanol–water partition coefficient (Wildman–Crippen LogP) is 5.37. The average molecular weight is 967 g/mol. The van der Waals surface area contributed by atoms with Crippen molar-refractivity contribution in [2.45, 2.75) is 131 Å². The first-order chi connectivity index (χ1) is 32.6. The third-order valence-corrected chi connectivity index (χ3v) is 11.3. The molecule has 0 saturated heterocycles. The standard InChI is InChI=1S/C51H75FN6O11/c1-10-18-51(8,9)68-22-19-50(6,7)49(65)53-20-23-67-25-24-66-21-17-45(61)69-43-16-15-36(28-39(43)52)31-55-44(60)29-42(48(64)58-41(26-33(2)3)47(63)56-30-35(5)59)57-46(62)34(4)27-37-32-54-40-14-12-11-13-38(37)40/h11-16,28,32-34,41-42,54H,10,17-27,29-31H2,1-9H3,(H,53,65)(H,55,60)(H,56,63)(H,57,62)(H,58,64)/t34-,41-,42-/m0/s1. The molecule has 17 nitrogen and oxygen atoms in total. The van der Waals surface area contributed by atoms with Gasteiger partial charge in [-0.3, -0.25) is 33.6 Å². The summed E-state index contributed by atoms with van der Waals surface area (Å²) in [7, 11) is 0. The number of hydrogen-bond acceptors (Lipinski definition) is 11. The highest BCUT2D eigenvalue weighted by molar-refractivity contribution is 5.96. The first-order valence-corrected chi connectivity index (χ1v) is 23.9. The number of amides is 5. The molecule has 1 heterocycles. The number of benzene rings is 2. The van der Waals surface area contributed by atoms with E-state index in [2.05, 4.69) is 52.3 Å². The molecule has 0 aliphatic heterocycles. The minimum atomic E-state index is -1.40. The van der Waals surface area contributed by atoms with Gasteiger partial charge >= 0.3 is 5.97 Å². The smallest absolute Gasteiger partial charge is 0.313 e. The monoisotopic (exact) mass is 967 g/mol. The molecular weight excluding hydrogens is 892 g/mol. The lowest BCUT2D eigenvalue weighted by molar-refractivity contribution is -0.136. The zero-order valence-electron chi connectivity index (χ0n) is 41.9. The van der Waals surface area contributed by atoms with Crippen LogP contribution in [0.3, 0.4) is 0 Å². The summed E-state index contributed by atoms with van der Waals surface area (Å²) in [6.45, 7) is 17.8. The van der Waals surface area contributed by atoms with Gasteiger partial charge < -0.3 is 50.5 Å². The van der Waals surface area contributed by atoms with Gasteiger partial charge in [-0.2, -0.15) is 0 Å². The second kappa shape index (κ2) is 28.7. The van der Waals surface area contributed by atoms with E-state index in [1.165, 1.54) is 19.1 Å². The number of ether oxygens (including phenoxy) is 4. The van der Waals surface area contributed by atoms with E-state index in [0.29, 0.717) is 31.6 Å². The Hall–Kier alpha value is -5.72. The van der Waals surface area contributed by atoms with Crippen molar-refractivity contribution in [3.63, 3.8) is 0 Å². The minimum absolute atomic E-state index is 0.00388. The molecule has 3 rings (SSSR count). The Bertz CT molecular complexity index is 2170. The van der Waals surface area contributed by atoms with Crippen LogP contribution in [0.4, 0.5) is 4.39 Å². The second-order valence-electron chi connectivity index (χ2n) is 19.1. The molecule has 0 fully saturated rings. The van der Waals surface area contributed by atoms with E-state index in [4.69, 9.17) is 18.9 Å². The predicted molar refractivity (Wildman–Crippen MR) is 259 cm³/mol. The number of carbonyl (C=O) groups excluding carboxylic acids is 7. The van der Waals surface area contributed by atoms with Gasteiger partial charge in [-0.15, -0.1) is 0 Å². The number of esters is 1. The first kappa shape index (κ1) is 57.6. The summed E-state index contributed by atoms with van der Waals surface area (Å²) in [5.74, 6) is -5.44. The molecule has 382 valence electrons. The van der Waals surface area contributed by atoms with Crippen LogP contribution in [0.2, 0.25) is 0 Å². The molecular formula is C51H75FN6O11. The van der Waals surface area contributed by atoms with Crippen molar-refractivity contribution in [2.24, 2.45) is 17.3 Å². The van der Waals surface area contributed by atoms with E-state index in [9.17, 15) is 33.6 Å². The van der Waals surface area contributed by atoms with Gasteiger partial charge in [0.1, 0.15) is 17.9 Å². The van der Waals surface area contributed by atoms with Crippen molar-refractivity contribution < 1.29 is 56.9 Å². The van der Waals surface area contributed by atoms with Gasteiger partial charge in [0, 0.05) is 48.1 Å². The Morgan fingerprint density at radius 3 is 2.16 bits per heavy atom. The summed E-state index contributed by atoms with van der Waals surface area (Å²) in [4.78, 5) is 93.5. The van der Waals surface area contributed by atoms with Crippen LogP contribution in [-0.4, -0.2) is 110 Å². The van der Waals surface area contributed by atoms with Crippen LogP contribution in [0.1, 0.15) is 112 Å². The quantitative estimate of drug-likeness (QED) is 0.0265. The molecule has 3 atom stereocenters. The number of aromatic amines is 1. The molecule has 0 aliphatic carbocycles. The largest absolute Gasteiger partial charge is 0.423 e. The summed E-state index contributed by atoms with van der Waals surface area (Å²) in [5, 5.41) is 14.3. The van der Waals surface area contributed by atoms with E-state index >= 15 is 4.39 Å². The van der Waals surface area contributed by atoms with Crippen molar-refractivity contribution in [3.05, 3.63) is 65.6 Å². The summed E-state index contributed by atoms with van der Waals surface area (Å²) in [5.41, 5.74) is 1.30. The summed E-state index contributed by atoms with van der Waals surface area (Å²) in [6.07, 6.45) is 4.25. The minimum Gasteiger partial charge on any atom is -0.423 e. The number of carbonyl (C=O) groups is 7. The van der Waals surface area contributed by atoms with Crippen molar-refractivity contribution in [1.29, 1.82) is 0 Å². The van der Waals surface area contributed by atoms with Crippen LogP contribution in [0, 0.1) is 23.1 Å². The van der Waals surface area contributed by atoms with Gasteiger partial charge in [0.25, 0.3) is 0 Å². The zero-order valence-corrected chi connectivity index (χ0v) is 41.9. The number of Topliss-reactive ketones (excluding diaryl/α,β-unsaturated/α-hetero) is 1. The van der Waals surface area contributed by atoms with Crippen LogP contribution in [0.5, 0.6) is 5.75 Å². The average Bonchev–Trinajstić information content (AvgIpc) is 3.68. The van der Waals surface area contributed by atoms with Gasteiger partial charge in [-0.05, 0) is 81.7 Å². The molecule has 0 saturated carbocycles. The summed E-state index contributed by atoms with van der Waals surface area (Å²) < 4.78 is 37.2. The SMILES string of the molecule is CCCC(C)(C)OCCC(C)(C)C(=O)NCCOCCOCCC(=O)Oc1ccc(CNC(=O)C[C@H](NC(=O)[C@@H](C)Cc2c[nH]c3ccccc23)C(=O)N[C@@H](CC(C)C)C(=O)NCC(C)=O)cc1F. The molecule has 0 aliphatic rings. The highest BCUT2D eigenvalue weighted by Crippen LogP contribution is 2.25. The van der Waals surface area contributed by atoms with Crippen molar-refractivity contribution >= 4 is 52.2 Å². The molecule has 5 amide bonds. The number of nitrogens with one attached hydrogen (secondary N) is 6. The molecule has 0 unspecified atom stereocenters. The maximum atomic E-state index is 15.1. The lowest BCUT2D eigenvalue weighted by Crippen LogP contribution is -2.56. The topological polar surface area (TPSA) is 232 Å². The van der Waals surface area contributed by atoms with E-state index in [1.54, 1.807) is 6.92 Å². The zero-order chi connectivity index (χ0) is 51.1. The number of para-hydroxylation sites is 1. The van der Waals surface area contributed by atoms with Crippen LogP contribution < -0.4 is 31.3 Å². The Kier molecular flexibility index (Phi) is 24.0. The lowest BCUT2D eigenvalue weighted by Gasteiger charge is -2.28. The fourth-order valence-electron chi connectivity index (χ4n) is 7.25. The second-order valence-corrected chi connectivity index (χ2v) is 19.1. The highest BCUT2D eigenvalue weighted by atomic mass is 19.1. The molecule has 0 radical (unpaired) electrons. The maximum absolute atomic E-state index is 15.1. The molecule has 0 spiro atoms. The Morgan fingerprint density at radius 1 is 0.783 bits per heavy atom. The number of fused-ring (bicyclic) bond motifs is 1. The van der Waals surface area contributed by atoms with Crippen molar-refractivity contribution in [2.75, 3.05) is 46.1 Å². The molecule has 18 heteroatoms. The van der Waals surface area contributed by atoms with Gasteiger partial charge in [-0.25, -0.2) is 4.39 Å². The van der Waals surface area contributed by atoms with Crippen molar-refractivity contribution in [1.82, 2.24) is 31.6 Å². The first-order valence-electron chi connectivity index (χ1n) is 23.9. The van der Waals surface area contributed by atoms with E-state index in [-0.39, 0.29) is 81.3 Å². The van der Waals surface area contributed by atoms with E-state index in [0.717, 1.165) is 35.4 Å². The molecule has 6 N–H and O–H groups in total. The number of ketones is 1. The molecule has 69 heavy (non-hydrogen) atoms. The van der Waals surface area contributed by atoms with E-state index < -0.39 is 65.3 Å². The van der Waals surface area contributed by atoms with Gasteiger partial charge in [-0.1, -0.05) is 72.2 Å². The normalized spacial score (nSPS) is 13.0. The van der Waals surface area contributed by atoms with Crippen LogP contribution in [0.25, 0.3) is 10.9 Å². The lowest BCUT2D eigenvalue weighted by atomic mass is 9.88. The third kappa shape index (κ3) is 21.2. The highest BCUT2D eigenvalue weighted by Gasteiger charge is 2.31. The third-order valence-electron chi connectivity index (χ3n) is 11.3. The Morgan fingerprint density at radius 2 is 1.48 bits per heavy atom. The number of H-pyrrole nitrogens is 1. The maximum Gasteiger partial charge on any atom is 0.313 e. The summed E-state index contributed by atoms with van der Waals surface area (Å²) >= 11 is 0. The molecule has 0 bridgehead atoms. The fourth-order valence-corrected chi connectivity index (χ4v) is 7.25. The summed E-state index contributed by atoms with van der Waals surface area (Å²) in [6, 6.07) is 8.99. The number of rotatable bonds is 32. The van der Waals surface area contributed by atoms with Crippen LogP contribution in [0.15, 0.2) is 48.7 Å². The molecule has 1 aromatic heterocycles. The van der Waals surface area contributed by atoms with E-state index in [1.807, 2.05) is 58.2 Å². The number of halogens is 1. The van der Waals surface area contributed by atoms with Gasteiger partial charge in [0.15, 0.2) is 11.6 Å². The van der Waals surface area contributed by atoms with Gasteiger partial charge in [0.2, 0.25) is 29.5 Å². The molecule has 2 aromatic carbocycles. The Balaban J connectivity index is 1.47. The van der Waals surface area contributed by atoms with Crippen LogP contribution in [-0.2, 0) is 60.7 Å². The number of aromatic nitrogens is 1. The fraction of sp³-hybridized carbons (Fsp3) is 0.588. The Labute approximate surface area is 405 Å². The van der Waals surface area contributed by atoms with Gasteiger partial charge in [0.05, 0.1) is 51.4 Å². The molecule has 3 aromatic rings. The number of hydrogen-bond donors (Lipinski definition) is 6.